The van der Waals surface area contributed by atoms with Gasteiger partial charge in [0.1, 0.15) is 0 Å². The summed E-state index contributed by atoms with van der Waals surface area (Å²) in [7, 11) is 0. The minimum atomic E-state index is -0.484. The van der Waals surface area contributed by atoms with Gasteiger partial charge in [0.05, 0.1) is 16.8 Å². The van der Waals surface area contributed by atoms with Gasteiger partial charge < -0.3 is 0 Å². The number of benzene rings is 6. The molecule has 3 heteroatoms. The van der Waals surface area contributed by atoms with Crippen molar-refractivity contribution in [3.63, 3.8) is 0 Å². The van der Waals surface area contributed by atoms with E-state index in [4.69, 9.17) is 9.97 Å². The summed E-state index contributed by atoms with van der Waals surface area (Å²) < 4.78 is 0. The predicted molar refractivity (Wildman–Crippen MR) is 227 cm³/mol. The van der Waals surface area contributed by atoms with E-state index in [0.29, 0.717) is 5.82 Å². The molecule has 0 aliphatic heterocycles. The fourth-order valence-electron chi connectivity index (χ4n) is 7.78. The molecule has 260 valence electrons. The Balaban J connectivity index is 1.12. The molecule has 8 aromatic rings. The summed E-state index contributed by atoms with van der Waals surface area (Å²) in [5, 5.41) is 0. The molecule has 55 heavy (non-hydrogen) atoms. The Morgan fingerprint density at radius 1 is 0.400 bits per heavy atom. The van der Waals surface area contributed by atoms with E-state index in [2.05, 4.69) is 199 Å². The summed E-state index contributed by atoms with van der Waals surface area (Å²) in [5.74, 6) is 0.638. The topological polar surface area (TPSA) is 38.7 Å². The van der Waals surface area contributed by atoms with Crippen LogP contribution >= 0.6 is 0 Å². The molecule has 1 unspecified atom stereocenters. The first-order chi connectivity index (χ1) is 27.3. The third kappa shape index (κ3) is 6.65. The number of nitrogens with zero attached hydrogens (tertiary/aromatic N) is 3. The van der Waals surface area contributed by atoms with Crippen LogP contribution < -0.4 is 0 Å². The van der Waals surface area contributed by atoms with Crippen molar-refractivity contribution < 1.29 is 0 Å². The Morgan fingerprint density at radius 2 is 0.891 bits per heavy atom. The van der Waals surface area contributed by atoms with Crippen LogP contribution in [0.4, 0.5) is 0 Å². The van der Waals surface area contributed by atoms with Crippen molar-refractivity contribution in [2.45, 2.75) is 5.41 Å². The fraction of sp³-hybridized carbons (Fsp3) is 0.0192. The maximum absolute atomic E-state index is 5.12. The molecule has 1 aliphatic rings. The van der Waals surface area contributed by atoms with Crippen molar-refractivity contribution in [3.05, 3.63) is 246 Å². The molecule has 0 saturated carbocycles. The predicted octanol–water partition coefficient (Wildman–Crippen LogP) is 12.5. The number of fused-ring (bicyclic) bond motifs is 1. The molecule has 0 N–H and O–H groups in total. The lowest BCUT2D eigenvalue weighted by Gasteiger charge is -2.34. The fourth-order valence-corrected chi connectivity index (χ4v) is 7.78. The zero-order valence-electron chi connectivity index (χ0n) is 30.2. The van der Waals surface area contributed by atoms with E-state index in [-0.39, 0.29) is 0 Å². The second-order valence-corrected chi connectivity index (χ2v) is 13.6. The zero-order valence-corrected chi connectivity index (χ0v) is 30.2. The molecule has 2 heterocycles. The lowest BCUT2D eigenvalue weighted by atomic mass is 9.67. The molecule has 1 aliphatic carbocycles. The standard InChI is InChI=1S/C52H37N3/c1-4-16-38(17-5-1)40-21-14-23-43(34-40)49-37-50(44-24-15-22-41(35-44)39-18-6-2-7-19-39)55-51(54-49)29-13-11-27-47-36-42-20-10-12-28-48(42)52(47,45-25-8-3-9-26-45)46-30-32-53-33-31-46/h1-37H/b27-11-,29-13+. The zero-order chi connectivity index (χ0) is 36.9. The van der Waals surface area contributed by atoms with E-state index in [1.165, 1.54) is 39.0 Å². The highest BCUT2D eigenvalue weighted by atomic mass is 14.9. The summed E-state index contributed by atoms with van der Waals surface area (Å²) in [5.41, 5.74) is 14.0. The van der Waals surface area contributed by atoms with Crippen LogP contribution in [-0.2, 0) is 5.41 Å². The van der Waals surface area contributed by atoms with Gasteiger partial charge in [-0.15, -0.1) is 0 Å². The molecule has 3 nitrogen and oxygen atoms in total. The second-order valence-electron chi connectivity index (χ2n) is 13.6. The van der Waals surface area contributed by atoms with Crippen LogP contribution in [0.3, 0.4) is 0 Å². The molecule has 0 bridgehead atoms. The Bertz CT molecular complexity index is 2540. The van der Waals surface area contributed by atoms with E-state index in [1.807, 2.05) is 30.6 Å². The Kier molecular flexibility index (Phi) is 9.17. The van der Waals surface area contributed by atoms with Gasteiger partial charge in [-0.3, -0.25) is 4.98 Å². The molecule has 6 aromatic carbocycles. The van der Waals surface area contributed by atoms with E-state index >= 15 is 0 Å². The van der Waals surface area contributed by atoms with Crippen LogP contribution in [0.15, 0.2) is 218 Å². The minimum Gasteiger partial charge on any atom is -0.265 e. The number of rotatable bonds is 9. The lowest BCUT2D eigenvalue weighted by molar-refractivity contribution is 0.760. The Hall–Kier alpha value is -7.23. The highest BCUT2D eigenvalue weighted by molar-refractivity contribution is 5.80. The van der Waals surface area contributed by atoms with E-state index < -0.39 is 5.41 Å². The van der Waals surface area contributed by atoms with Crippen LogP contribution in [-0.4, -0.2) is 15.0 Å². The normalized spacial score (nSPS) is 14.9. The molecule has 0 saturated heterocycles. The average Bonchev–Trinajstić information content (AvgIpc) is 3.61. The monoisotopic (exact) mass is 703 g/mol. The molecule has 0 fully saturated rings. The third-order valence-corrected chi connectivity index (χ3v) is 10.3. The first-order valence-electron chi connectivity index (χ1n) is 18.6. The highest BCUT2D eigenvalue weighted by Crippen LogP contribution is 2.51. The molecule has 2 aromatic heterocycles. The van der Waals surface area contributed by atoms with Crippen LogP contribution in [0.5, 0.6) is 0 Å². The lowest BCUT2D eigenvalue weighted by Crippen LogP contribution is -2.29. The summed E-state index contributed by atoms with van der Waals surface area (Å²) >= 11 is 0. The van der Waals surface area contributed by atoms with Crippen LogP contribution in [0.1, 0.15) is 28.1 Å². The van der Waals surface area contributed by atoms with Crippen molar-refractivity contribution in [1.29, 1.82) is 0 Å². The van der Waals surface area contributed by atoms with Crippen LogP contribution in [0, 0.1) is 0 Å². The second kappa shape index (κ2) is 15.0. The van der Waals surface area contributed by atoms with Crippen molar-refractivity contribution in [3.8, 4) is 44.8 Å². The van der Waals surface area contributed by atoms with Gasteiger partial charge in [-0.2, -0.15) is 0 Å². The van der Waals surface area contributed by atoms with Crippen molar-refractivity contribution in [2.24, 2.45) is 0 Å². The summed E-state index contributed by atoms with van der Waals surface area (Å²) in [6.45, 7) is 0. The third-order valence-electron chi connectivity index (χ3n) is 10.3. The number of hydrogen-bond donors (Lipinski definition) is 0. The van der Waals surface area contributed by atoms with Gasteiger partial charge in [-0.25, -0.2) is 9.97 Å². The van der Waals surface area contributed by atoms with Gasteiger partial charge in [-0.1, -0.05) is 170 Å². The number of allylic oxidation sites excluding steroid dienone is 4. The van der Waals surface area contributed by atoms with Gasteiger partial charge >= 0.3 is 0 Å². The summed E-state index contributed by atoms with van der Waals surface area (Å²) in [6.07, 6.45) is 14.5. The summed E-state index contributed by atoms with van der Waals surface area (Å²) in [4.78, 5) is 14.6. The van der Waals surface area contributed by atoms with Gasteiger partial charge in [0, 0.05) is 23.5 Å². The number of hydrogen-bond acceptors (Lipinski definition) is 3. The van der Waals surface area contributed by atoms with Gasteiger partial charge in [0.2, 0.25) is 0 Å². The largest absolute Gasteiger partial charge is 0.265 e. The number of pyridine rings is 1. The van der Waals surface area contributed by atoms with Crippen LogP contribution in [0.2, 0.25) is 0 Å². The molecule has 0 radical (unpaired) electrons. The highest BCUT2D eigenvalue weighted by Gasteiger charge is 2.43. The minimum absolute atomic E-state index is 0.484. The first-order valence-corrected chi connectivity index (χ1v) is 18.6. The first kappa shape index (κ1) is 33.6. The SMILES string of the molecule is C1=C(/C=C\C=C\c2nc(-c3cccc(-c4ccccc4)c3)cc(-c3cccc(-c4ccccc4)c3)n2)C(c2ccccc2)(c2ccncc2)c2ccccc21. The molecular formula is C52H37N3. The maximum atomic E-state index is 5.12. The molecule has 0 amide bonds. The smallest absolute Gasteiger partial charge is 0.153 e. The molecular weight excluding hydrogens is 667 g/mol. The van der Waals surface area contributed by atoms with Crippen molar-refractivity contribution in [2.75, 3.05) is 0 Å². The average molecular weight is 704 g/mol. The Morgan fingerprint density at radius 3 is 1.51 bits per heavy atom. The van der Waals surface area contributed by atoms with Gasteiger partial charge in [0.25, 0.3) is 0 Å². The molecule has 1 atom stereocenters. The van der Waals surface area contributed by atoms with Crippen molar-refractivity contribution >= 4 is 12.2 Å². The van der Waals surface area contributed by atoms with Gasteiger partial charge in [0.15, 0.2) is 5.82 Å². The van der Waals surface area contributed by atoms with E-state index in [9.17, 15) is 0 Å². The van der Waals surface area contributed by atoms with E-state index in [0.717, 1.165) is 33.6 Å². The molecule has 0 spiro atoms. The summed E-state index contributed by atoms with van der Waals surface area (Å²) in [6, 6.07) is 63.9. The Labute approximate surface area is 322 Å². The van der Waals surface area contributed by atoms with E-state index in [1.54, 1.807) is 0 Å². The molecule has 9 rings (SSSR count). The van der Waals surface area contributed by atoms with Crippen LogP contribution in [0.25, 0.3) is 56.9 Å². The number of aromatic nitrogens is 3. The van der Waals surface area contributed by atoms with Crippen molar-refractivity contribution in [1.82, 2.24) is 15.0 Å². The quantitative estimate of drug-likeness (QED) is 0.141. The van der Waals surface area contributed by atoms with Gasteiger partial charge in [-0.05, 0) is 92.6 Å². The maximum Gasteiger partial charge on any atom is 0.153 e.